The minimum Gasteiger partial charge on any atom is -0.465 e. The SMILES string of the molecule is CCNc1ccc(C(F)(F)F)cc1CO.COC(=O)c1cc(C(F)(F)F)ccc1NC(C)=O. The lowest BCUT2D eigenvalue weighted by Crippen LogP contribution is -2.14. The van der Waals surface area contributed by atoms with Gasteiger partial charge < -0.3 is 20.5 Å². The number of halogens is 6. The summed E-state index contributed by atoms with van der Waals surface area (Å²) in [7, 11) is 1.04. The van der Waals surface area contributed by atoms with Crippen LogP contribution >= 0.6 is 0 Å². The second kappa shape index (κ2) is 11.5. The molecule has 12 heteroatoms. The van der Waals surface area contributed by atoms with Crippen LogP contribution in [0, 0.1) is 0 Å². The van der Waals surface area contributed by atoms with E-state index in [1.54, 1.807) is 0 Å². The summed E-state index contributed by atoms with van der Waals surface area (Å²) < 4.78 is 78.8. The Balaban J connectivity index is 0.000000335. The van der Waals surface area contributed by atoms with Crippen LogP contribution in [0.4, 0.5) is 37.7 Å². The second-order valence-corrected chi connectivity index (χ2v) is 6.49. The Labute approximate surface area is 185 Å². The monoisotopic (exact) mass is 480 g/mol. The Morgan fingerprint density at radius 2 is 1.45 bits per heavy atom. The van der Waals surface area contributed by atoms with Crippen LogP contribution in [-0.2, 0) is 28.5 Å². The van der Waals surface area contributed by atoms with Gasteiger partial charge in [0.05, 0.1) is 36.1 Å². The van der Waals surface area contributed by atoms with Crippen molar-refractivity contribution in [2.75, 3.05) is 24.3 Å². The van der Waals surface area contributed by atoms with Crippen molar-refractivity contribution in [1.29, 1.82) is 0 Å². The Bertz CT molecular complexity index is 974. The summed E-state index contributed by atoms with van der Waals surface area (Å²) in [5.74, 6) is -1.45. The molecule has 0 aliphatic heterocycles. The molecule has 0 bridgehead atoms. The normalized spacial score (nSPS) is 11.2. The molecule has 0 radical (unpaired) electrons. The highest BCUT2D eigenvalue weighted by atomic mass is 19.4. The molecule has 33 heavy (non-hydrogen) atoms. The molecule has 0 saturated carbocycles. The number of anilines is 2. The molecule has 0 saturated heterocycles. The fourth-order valence-electron chi connectivity index (χ4n) is 2.56. The van der Waals surface area contributed by atoms with Gasteiger partial charge in [0.15, 0.2) is 0 Å². The topological polar surface area (TPSA) is 87.7 Å². The summed E-state index contributed by atoms with van der Waals surface area (Å²) in [4.78, 5) is 22.2. The number of esters is 1. The van der Waals surface area contributed by atoms with E-state index in [-0.39, 0.29) is 16.8 Å². The van der Waals surface area contributed by atoms with Gasteiger partial charge in [0.1, 0.15) is 0 Å². The average molecular weight is 480 g/mol. The van der Waals surface area contributed by atoms with E-state index in [1.807, 2.05) is 6.92 Å². The van der Waals surface area contributed by atoms with Crippen LogP contribution in [0.1, 0.15) is 40.9 Å². The number of nitrogens with one attached hydrogen (secondary N) is 2. The Morgan fingerprint density at radius 1 is 0.939 bits per heavy atom. The molecular weight excluding hydrogens is 458 g/mol. The molecule has 2 rings (SSSR count). The largest absolute Gasteiger partial charge is 0.465 e. The molecule has 0 heterocycles. The third kappa shape index (κ3) is 8.29. The fraction of sp³-hybridized carbons (Fsp3) is 0.333. The first kappa shape index (κ1) is 27.8. The van der Waals surface area contributed by atoms with Crippen molar-refractivity contribution in [2.45, 2.75) is 32.8 Å². The molecule has 6 nitrogen and oxygen atoms in total. The number of ether oxygens (including phenoxy) is 1. The zero-order chi connectivity index (χ0) is 25.4. The lowest BCUT2D eigenvalue weighted by molar-refractivity contribution is -0.138. The Hall–Kier alpha value is -3.28. The van der Waals surface area contributed by atoms with Crippen LogP contribution in [-0.4, -0.2) is 30.6 Å². The van der Waals surface area contributed by atoms with Gasteiger partial charge in [0, 0.05) is 24.7 Å². The number of rotatable bonds is 5. The summed E-state index contributed by atoms with van der Waals surface area (Å²) in [5.41, 5.74) is -1.31. The predicted octanol–water partition coefficient (Wildman–Crippen LogP) is 5.08. The number of carbonyl (C=O) groups is 2. The number of aliphatic hydroxyl groups is 1. The van der Waals surface area contributed by atoms with Crippen LogP contribution in [0.25, 0.3) is 0 Å². The third-order valence-electron chi connectivity index (χ3n) is 4.03. The zero-order valence-electron chi connectivity index (χ0n) is 17.8. The van der Waals surface area contributed by atoms with Crippen molar-refractivity contribution < 1.29 is 45.8 Å². The van der Waals surface area contributed by atoms with E-state index in [9.17, 15) is 35.9 Å². The van der Waals surface area contributed by atoms with Gasteiger partial charge >= 0.3 is 18.3 Å². The molecule has 182 valence electrons. The molecule has 0 aliphatic carbocycles. The Kier molecular flexibility index (Phi) is 9.71. The average Bonchev–Trinajstić information content (AvgIpc) is 2.72. The first-order chi connectivity index (χ1) is 15.2. The van der Waals surface area contributed by atoms with Gasteiger partial charge in [-0.15, -0.1) is 0 Å². The van der Waals surface area contributed by atoms with E-state index in [0.29, 0.717) is 18.3 Å². The minimum atomic E-state index is -4.57. The highest BCUT2D eigenvalue weighted by Crippen LogP contribution is 2.33. The van der Waals surface area contributed by atoms with Crippen LogP contribution in [0.2, 0.25) is 0 Å². The summed E-state index contributed by atoms with van der Waals surface area (Å²) in [6.45, 7) is 3.20. The van der Waals surface area contributed by atoms with Gasteiger partial charge in [0.25, 0.3) is 0 Å². The van der Waals surface area contributed by atoms with Crippen molar-refractivity contribution in [2.24, 2.45) is 0 Å². The third-order valence-corrected chi connectivity index (χ3v) is 4.03. The predicted molar refractivity (Wildman–Crippen MR) is 109 cm³/mol. The molecule has 0 spiro atoms. The lowest BCUT2D eigenvalue weighted by Gasteiger charge is -2.12. The van der Waals surface area contributed by atoms with E-state index < -0.39 is 42.0 Å². The van der Waals surface area contributed by atoms with Crippen LogP contribution in [0.15, 0.2) is 36.4 Å². The quantitative estimate of drug-likeness (QED) is 0.411. The van der Waals surface area contributed by atoms with Crippen molar-refractivity contribution in [3.63, 3.8) is 0 Å². The number of alkyl halides is 6. The van der Waals surface area contributed by atoms with Gasteiger partial charge in [0.2, 0.25) is 5.91 Å². The molecular formula is C21H22F6N2O4. The maximum absolute atomic E-state index is 12.5. The van der Waals surface area contributed by atoms with Crippen molar-refractivity contribution in [3.05, 3.63) is 58.7 Å². The molecule has 3 N–H and O–H groups in total. The number of methoxy groups -OCH3 is 1. The molecule has 0 atom stereocenters. The lowest BCUT2D eigenvalue weighted by atomic mass is 10.1. The summed E-state index contributed by atoms with van der Waals surface area (Å²) in [5, 5.41) is 14.1. The highest BCUT2D eigenvalue weighted by molar-refractivity contribution is 6.00. The first-order valence-electron chi connectivity index (χ1n) is 9.36. The van der Waals surface area contributed by atoms with Gasteiger partial charge in [-0.3, -0.25) is 4.79 Å². The maximum Gasteiger partial charge on any atom is 0.416 e. The number of aliphatic hydroxyl groups excluding tert-OH is 1. The summed E-state index contributed by atoms with van der Waals surface area (Å²) >= 11 is 0. The molecule has 2 aromatic carbocycles. The zero-order valence-corrected chi connectivity index (χ0v) is 17.8. The van der Waals surface area contributed by atoms with E-state index in [1.165, 1.54) is 13.0 Å². The highest BCUT2D eigenvalue weighted by Gasteiger charge is 2.32. The molecule has 0 unspecified atom stereocenters. The first-order valence-corrected chi connectivity index (χ1v) is 9.36. The number of hydrogen-bond donors (Lipinski definition) is 3. The number of benzene rings is 2. The number of carbonyl (C=O) groups excluding carboxylic acids is 2. The maximum atomic E-state index is 12.5. The van der Waals surface area contributed by atoms with Crippen molar-refractivity contribution in [3.8, 4) is 0 Å². The van der Waals surface area contributed by atoms with Crippen LogP contribution < -0.4 is 10.6 Å². The fourth-order valence-corrected chi connectivity index (χ4v) is 2.56. The number of hydrogen-bond acceptors (Lipinski definition) is 5. The van der Waals surface area contributed by atoms with Gasteiger partial charge in [-0.05, 0) is 43.3 Å². The molecule has 0 aliphatic rings. The van der Waals surface area contributed by atoms with E-state index in [2.05, 4.69) is 15.4 Å². The molecule has 0 fully saturated rings. The summed E-state index contributed by atoms with van der Waals surface area (Å²) in [6, 6.07) is 5.71. The number of amides is 1. The van der Waals surface area contributed by atoms with E-state index in [0.717, 1.165) is 31.4 Å². The van der Waals surface area contributed by atoms with E-state index >= 15 is 0 Å². The van der Waals surface area contributed by atoms with Crippen LogP contribution in [0.5, 0.6) is 0 Å². The van der Waals surface area contributed by atoms with Crippen LogP contribution in [0.3, 0.4) is 0 Å². The standard InChI is InChI=1S/C11H10F3NO3.C10H12F3NO/c1-6(16)15-9-4-3-7(11(12,13)14)5-8(9)10(17)18-2;1-2-14-9-4-3-8(10(11,12)13)5-7(9)6-15/h3-5H,1-2H3,(H,15,16);3-5,14-15H,2,6H2,1H3. The Morgan fingerprint density at radius 3 is 1.88 bits per heavy atom. The molecule has 0 aromatic heterocycles. The van der Waals surface area contributed by atoms with Gasteiger partial charge in [-0.25, -0.2) is 4.79 Å². The summed E-state index contributed by atoms with van der Waals surface area (Å²) in [6.07, 6.45) is -8.94. The molecule has 2 aromatic rings. The van der Waals surface area contributed by atoms with E-state index in [4.69, 9.17) is 5.11 Å². The molecule has 1 amide bonds. The van der Waals surface area contributed by atoms with Crippen molar-refractivity contribution in [1.82, 2.24) is 0 Å². The second-order valence-electron chi connectivity index (χ2n) is 6.49. The van der Waals surface area contributed by atoms with Crippen molar-refractivity contribution >= 4 is 23.3 Å². The minimum absolute atomic E-state index is 0.0256. The van der Waals surface area contributed by atoms with Gasteiger partial charge in [-0.1, -0.05) is 0 Å². The smallest absolute Gasteiger partial charge is 0.416 e. The van der Waals surface area contributed by atoms with Gasteiger partial charge in [-0.2, -0.15) is 26.3 Å².